The Hall–Kier alpha value is -1.53. The van der Waals surface area contributed by atoms with E-state index in [4.69, 9.17) is 4.42 Å². The van der Waals surface area contributed by atoms with E-state index in [-0.39, 0.29) is 12.6 Å². The Balaban J connectivity index is 1.56. The highest BCUT2D eigenvalue weighted by molar-refractivity contribution is 5.73. The van der Waals surface area contributed by atoms with Crippen LogP contribution in [0.4, 0.5) is 4.79 Å². The van der Waals surface area contributed by atoms with Crippen LogP contribution in [0.15, 0.2) is 22.8 Å². The van der Waals surface area contributed by atoms with Crippen molar-refractivity contribution in [1.29, 1.82) is 0 Å². The molecule has 0 aliphatic carbocycles. The van der Waals surface area contributed by atoms with Crippen LogP contribution in [-0.4, -0.2) is 48.8 Å². The Morgan fingerprint density at radius 2 is 2.12 bits per heavy atom. The fourth-order valence-electron chi connectivity index (χ4n) is 2.93. The number of aliphatic hydroxyl groups excluding tert-OH is 1. The summed E-state index contributed by atoms with van der Waals surface area (Å²) in [6.45, 7) is 8.79. The second-order valence-electron chi connectivity index (χ2n) is 7.09. The molecule has 1 aromatic heterocycles. The highest BCUT2D eigenvalue weighted by Crippen LogP contribution is 2.17. The lowest BCUT2D eigenvalue weighted by molar-refractivity contribution is 0.147. The van der Waals surface area contributed by atoms with E-state index < -0.39 is 6.10 Å². The molecule has 1 unspecified atom stereocenters. The Kier molecular flexibility index (Phi) is 7.59. The van der Waals surface area contributed by atoms with E-state index in [1.807, 2.05) is 0 Å². The molecule has 3 N–H and O–H groups in total. The zero-order valence-electron chi connectivity index (χ0n) is 14.8. The molecule has 0 aromatic carbocycles. The van der Waals surface area contributed by atoms with Crippen molar-refractivity contribution in [1.82, 2.24) is 15.5 Å². The van der Waals surface area contributed by atoms with Gasteiger partial charge in [-0.1, -0.05) is 13.8 Å². The second kappa shape index (κ2) is 9.69. The maximum Gasteiger partial charge on any atom is 0.314 e. The molecule has 2 rings (SSSR count). The quantitative estimate of drug-likeness (QED) is 0.680. The number of rotatable bonds is 8. The first kappa shape index (κ1) is 18.8. The van der Waals surface area contributed by atoms with Gasteiger partial charge in [-0.25, -0.2) is 4.79 Å². The molecule has 6 heteroatoms. The summed E-state index contributed by atoms with van der Waals surface area (Å²) >= 11 is 0. The summed E-state index contributed by atoms with van der Waals surface area (Å²) in [6, 6.07) is 3.17. The number of carbonyl (C=O) groups is 1. The van der Waals surface area contributed by atoms with Gasteiger partial charge in [0.15, 0.2) is 0 Å². The molecule has 0 bridgehead atoms. The van der Waals surface area contributed by atoms with Crippen LogP contribution in [0.2, 0.25) is 0 Å². The Morgan fingerprint density at radius 3 is 2.75 bits per heavy atom. The number of likely N-dealkylation sites (tertiary alicyclic amines) is 1. The normalized spacial score (nSPS) is 17.8. The standard InChI is InChI=1S/C18H31N3O3/c1-14(2)5-8-21-9-6-15(7-10-21)12-19-18(23)20-13-16(22)17-4-3-11-24-17/h3-4,11,14-16,22H,5-10,12-13H2,1-2H3,(H2,19,20,23). The van der Waals surface area contributed by atoms with Crippen LogP contribution in [0.3, 0.4) is 0 Å². The van der Waals surface area contributed by atoms with Crippen LogP contribution in [0, 0.1) is 11.8 Å². The van der Waals surface area contributed by atoms with Gasteiger partial charge in [-0.2, -0.15) is 0 Å². The molecule has 1 aromatic rings. The number of urea groups is 1. The van der Waals surface area contributed by atoms with E-state index in [9.17, 15) is 9.90 Å². The van der Waals surface area contributed by atoms with Crippen LogP contribution in [0.5, 0.6) is 0 Å². The van der Waals surface area contributed by atoms with Gasteiger partial charge in [-0.05, 0) is 62.9 Å². The third-order valence-corrected chi connectivity index (χ3v) is 4.61. The van der Waals surface area contributed by atoms with Gasteiger partial charge in [0.1, 0.15) is 11.9 Å². The van der Waals surface area contributed by atoms with Gasteiger partial charge >= 0.3 is 6.03 Å². The molecule has 24 heavy (non-hydrogen) atoms. The second-order valence-corrected chi connectivity index (χ2v) is 7.09. The van der Waals surface area contributed by atoms with Crippen molar-refractivity contribution in [2.75, 3.05) is 32.7 Å². The number of piperidine rings is 1. The van der Waals surface area contributed by atoms with Crippen LogP contribution in [0.1, 0.15) is 45.0 Å². The number of hydrogen-bond acceptors (Lipinski definition) is 4. The van der Waals surface area contributed by atoms with Gasteiger partial charge in [0.2, 0.25) is 0 Å². The van der Waals surface area contributed by atoms with Gasteiger partial charge in [0.25, 0.3) is 0 Å². The summed E-state index contributed by atoms with van der Waals surface area (Å²) in [6.07, 6.45) is 4.21. The molecule has 0 radical (unpaired) electrons. The molecule has 0 spiro atoms. The molecule has 2 heterocycles. The molecule has 136 valence electrons. The van der Waals surface area contributed by atoms with Crippen molar-refractivity contribution in [2.24, 2.45) is 11.8 Å². The lowest BCUT2D eigenvalue weighted by Crippen LogP contribution is -2.43. The lowest BCUT2D eigenvalue weighted by atomic mass is 9.96. The predicted octanol–water partition coefficient (Wildman–Crippen LogP) is 2.37. The highest BCUT2D eigenvalue weighted by atomic mass is 16.4. The summed E-state index contributed by atoms with van der Waals surface area (Å²) in [5.74, 6) is 1.76. The van der Waals surface area contributed by atoms with Crippen molar-refractivity contribution >= 4 is 6.03 Å². The van der Waals surface area contributed by atoms with Crippen molar-refractivity contribution in [3.8, 4) is 0 Å². The minimum atomic E-state index is -0.810. The predicted molar refractivity (Wildman–Crippen MR) is 93.7 cm³/mol. The van der Waals surface area contributed by atoms with Gasteiger partial charge in [0.05, 0.1) is 12.8 Å². The van der Waals surface area contributed by atoms with Crippen molar-refractivity contribution in [3.63, 3.8) is 0 Å². The van der Waals surface area contributed by atoms with Crippen molar-refractivity contribution in [3.05, 3.63) is 24.2 Å². The van der Waals surface area contributed by atoms with E-state index in [0.717, 1.165) is 31.8 Å². The molecule has 1 fully saturated rings. The lowest BCUT2D eigenvalue weighted by Gasteiger charge is -2.32. The van der Waals surface area contributed by atoms with Gasteiger partial charge in [-0.15, -0.1) is 0 Å². The Bertz CT molecular complexity index is 468. The van der Waals surface area contributed by atoms with Gasteiger partial charge in [-0.3, -0.25) is 0 Å². The maximum absolute atomic E-state index is 11.8. The first-order valence-corrected chi connectivity index (χ1v) is 9.00. The monoisotopic (exact) mass is 337 g/mol. The van der Waals surface area contributed by atoms with E-state index in [1.165, 1.54) is 19.2 Å². The zero-order chi connectivity index (χ0) is 17.4. The summed E-state index contributed by atoms with van der Waals surface area (Å²) in [5, 5.41) is 15.4. The average Bonchev–Trinajstić information content (AvgIpc) is 3.11. The first-order valence-electron chi connectivity index (χ1n) is 9.00. The molecule has 1 aliphatic rings. The highest BCUT2D eigenvalue weighted by Gasteiger charge is 2.20. The van der Waals surface area contributed by atoms with Crippen molar-refractivity contribution in [2.45, 2.75) is 39.2 Å². The minimum absolute atomic E-state index is 0.146. The smallest absolute Gasteiger partial charge is 0.314 e. The summed E-state index contributed by atoms with van der Waals surface area (Å²) < 4.78 is 5.10. The summed E-state index contributed by atoms with van der Waals surface area (Å²) in [5.41, 5.74) is 0. The van der Waals surface area contributed by atoms with E-state index in [2.05, 4.69) is 29.4 Å². The number of aliphatic hydroxyl groups is 1. The summed E-state index contributed by atoms with van der Waals surface area (Å²) in [4.78, 5) is 14.4. The fourth-order valence-corrected chi connectivity index (χ4v) is 2.93. The van der Waals surface area contributed by atoms with Gasteiger partial charge in [0, 0.05) is 6.54 Å². The molecule has 1 saturated heterocycles. The molecular formula is C18H31N3O3. The molecule has 2 amide bonds. The topological polar surface area (TPSA) is 77.7 Å². The average molecular weight is 337 g/mol. The van der Waals surface area contributed by atoms with Crippen LogP contribution < -0.4 is 10.6 Å². The number of furan rings is 1. The van der Waals surface area contributed by atoms with E-state index in [0.29, 0.717) is 18.2 Å². The molecule has 1 atom stereocenters. The summed E-state index contributed by atoms with van der Waals surface area (Å²) in [7, 11) is 0. The third kappa shape index (κ3) is 6.53. The number of nitrogens with zero attached hydrogens (tertiary/aromatic N) is 1. The number of amides is 2. The number of nitrogens with one attached hydrogen (secondary N) is 2. The minimum Gasteiger partial charge on any atom is -0.467 e. The Labute approximate surface area is 144 Å². The van der Waals surface area contributed by atoms with E-state index in [1.54, 1.807) is 12.1 Å². The van der Waals surface area contributed by atoms with E-state index >= 15 is 0 Å². The number of hydrogen-bond donors (Lipinski definition) is 3. The zero-order valence-corrected chi connectivity index (χ0v) is 14.8. The van der Waals surface area contributed by atoms with Crippen LogP contribution in [-0.2, 0) is 0 Å². The fraction of sp³-hybridized carbons (Fsp3) is 0.722. The number of carbonyl (C=O) groups excluding carboxylic acids is 1. The molecule has 1 aliphatic heterocycles. The first-order chi connectivity index (χ1) is 11.5. The molecule has 6 nitrogen and oxygen atoms in total. The largest absolute Gasteiger partial charge is 0.467 e. The van der Waals surface area contributed by atoms with Crippen molar-refractivity contribution < 1.29 is 14.3 Å². The third-order valence-electron chi connectivity index (χ3n) is 4.61. The Morgan fingerprint density at radius 1 is 1.38 bits per heavy atom. The van der Waals surface area contributed by atoms with Gasteiger partial charge < -0.3 is 25.1 Å². The molecule has 0 saturated carbocycles. The maximum atomic E-state index is 11.8. The SMILES string of the molecule is CC(C)CCN1CCC(CNC(=O)NCC(O)c2ccco2)CC1. The van der Waals surface area contributed by atoms with Crippen LogP contribution in [0.25, 0.3) is 0 Å². The van der Waals surface area contributed by atoms with Crippen LogP contribution >= 0.6 is 0 Å². The molecular weight excluding hydrogens is 306 g/mol.